The summed E-state index contributed by atoms with van der Waals surface area (Å²) in [6.45, 7) is 0.317. The molecule has 1 aliphatic rings. The van der Waals surface area contributed by atoms with E-state index in [2.05, 4.69) is 0 Å². The fraction of sp³-hybridized carbons (Fsp3) is 0.348. The Kier molecular flexibility index (Phi) is 8.50. The van der Waals surface area contributed by atoms with Gasteiger partial charge in [0, 0.05) is 20.1 Å². The average Bonchev–Trinajstić information content (AvgIpc) is 2.83. The molecule has 3 rings (SSSR count). The second kappa shape index (κ2) is 11.1. The molecule has 7 nitrogen and oxygen atoms in total. The highest BCUT2D eigenvalue weighted by atomic mass is 35.5. The molecule has 1 fully saturated rings. The van der Waals surface area contributed by atoms with Crippen LogP contribution in [0.4, 0.5) is 32.0 Å². The van der Waals surface area contributed by atoms with E-state index < -0.39 is 35.9 Å². The summed E-state index contributed by atoms with van der Waals surface area (Å²) in [7, 11) is 1.41. The Balaban J connectivity index is 2.03. The first-order valence-corrected chi connectivity index (χ1v) is 11.2. The summed E-state index contributed by atoms with van der Waals surface area (Å²) < 4.78 is 85.2. The average molecular weight is 552 g/mol. The predicted molar refractivity (Wildman–Crippen MR) is 125 cm³/mol. The fourth-order valence-electron chi connectivity index (χ4n) is 3.77. The quantitative estimate of drug-likeness (QED) is 0.242. The minimum absolute atomic E-state index is 0.0273. The summed E-state index contributed by atoms with van der Waals surface area (Å²) >= 11 is 6.17. The monoisotopic (exact) mass is 551 g/mol. The zero-order valence-electron chi connectivity index (χ0n) is 19.5. The maximum atomic E-state index is 13.3. The number of morpholine rings is 1. The van der Waals surface area contributed by atoms with Gasteiger partial charge in [-0.15, -0.1) is 0 Å². The lowest BCUT2D eigenvalue weighted by Gasteiger charge is -2.37. The Labute approximate surface area is 213 Å². The summed E-state index contributed by atoms with van der Waals surface area (Å²) in [4.78, 5) is 16.0. The van der Waals surface area contributed by atoms with Crippen LogP contribution in [-0.4, -0.2) is 49.2 Å². The Morgan fingerprint density at radius 1 is 1.03 bits per heavy atom. The van der Waals surface area contributed by atoms with Crippen LogP contribution in [0.5, 0.6) is 0 Å². The van der Waals surface area contributed by atoms with Crippen molar-refractivity contribution in [3.8, 4) is 0 Å². The minimum Gasteiger partial charge on any atom is -0.391 e. The van der Waals surface area contributed by atoms with Crippen LogP contribution in [0, 0.1) is 0 Å². The molecule has 0 radical (unpaired) electrons. The van der Waals surface area contributed by atoms with E-state index in [4.69, 9.17) is 27.9 Å². The summed E-state index contributed by atoms with van der Waals surface area (Å²) in [5, 5.41) is 1.11. The highest BCUT2D eigenvalue weighted by Crippen LogP contribution is 2.36. The number of benzene rings is 2. The summed E-state index contributed by atoms with van der Waals surface area (Å²) in [6, 6.07) is 7.61. The molecule has 0 aliphatic carbocycles. The molecule has 0 saturated carbocycles. The number of hydrogen-bond donors (Lipinski definition) is 2. The zero-order valence-corrected chi connectivity index (χ0v) is 20.3. The van der Waals surface area contributed by atoms with Gasteiger partial charge in [0.25, 0.3) is 5.91 Å². The van der Waals surface area contributed by atoms with Crippen molar-refractivity contribution >= 4 is 23.2 Å². The van der Waals surface area contributed by atoms with E-state index in [-0.39, 0.29) is 54.5 Å². The molecule has 0 bridgehead atoms. The van der Waals surface area contributed by atoms with Gasteiger partial charge in [0.1, 0.15) is 11.5 Å². The normalized spacial score (nSPS) is 15.3. The molecule has 202 valence electrons. The lowest BCUT2D eigenvalue weighted by Crippen LogP contribution is -2.48. The van der Waals surface area contributed by atoms with Crippen LogP contribution in [0.25, 0.3) is 0 Å². The number of ether oxygens (including phenoxy) is 1. The van der Waals surface area contributed by atoms with Crippen LogP contribution in [-0.2, 0) is 28.4 Å². The molecule has 0 unspecified atom stereocenters. The van der Waals surface area contributed by atoms with Gasteiger partial charge in [0.2, 0.25) is 0 Å². The number of carbonyl (C=O) groups excluding carboxylic acids is 1. The van der Waals surface area contributed by atoms with E-state index in [0.29, 0.717) is 17.8 Å². The number of rotatable bonds is 6. The second-order valence-corrected chi connectivity index (χ2v) is 8.60. The number of anilines is 1. The third-order valence-corrected chi connectivity index (χ3v) is 5.89. The molecule has 4 N–H and O–H groups in total. The second-order valence-electron chi connectivity index (χ2n) is 8.19. The first kappa shape index (κ1) is 28.4. The Morgan fingerprint density at radius 3 is 2.08 bits per heavy atom. The van der Waals surface area contributed by atoms with Gasteiger partial charge in [-0.2, -0.15) is 26.3 Å². The van der Waals surface area contributed by atoms with Crippen molar-refractivity contribution in [2.24, 2.45) is 11.6 Å². The molecule has 1 saturated heterocycles. The van der Waals surface area contributed by atoms with Gasteiger partial charge in [-0.3, -0.25) is 9.80 Å². The Hall–Kier alpha value is -3.16. The van der Waals surface area contributed by atoms with Crippen LogP contribution in [0.15, 0.2) is 54.0 Å². The molecule has 1 aliphatic heterocycles. The first-order valence-electron chi connectivity index (χ1n) is 10.9. The maximum Gasteiger partial charge on any atom is 0.416 e. The molecule has 0 atom stereocenters. The van der Waals surface area contributed by atoms with Crippen molar-refractivity contribution in [1.29, 1.82) is 0 Å². The molecule has 1 amide bonds. The van der Waals surface area contributed by atoms with Gasteiger partial charge < -0.3 is 20.3 Å². The third-order valence-electron chi connectivity index (χ3n) is 5.57. The molecule has 2 aromatic carbocycles. The van der Waals surface area contributed by atoms with Gasteiger partial charge in [0.15, 0.2) is 0 Å². The number of alkyl halides is 6. The number of amides is 1. The van der Waals surface area contributed by atoms with E-state index in [0.717, 1.165) is 9.91 Å². The fourth-order valence-corrected chi connectivity index (χ4v) is 4.04. The van der Waals surface area contributed by atoms with E-state index in [1.165, 1.54) is 7.05 Å². The van der Waals surface area contributed by atoms with Crippen molar-refractivity contribution in [2.75, 3.05) is 38.3 Å². The van der Waals surface area contributed by atoms with Crippen molar-refractivity contribution in [2.45, 2.75) is 18.9 Å². The Morgan fingerprint density at radius 2 is 1.57 bits per heavy atom. The highest BCUT2D eigenvalue weighted by molar-refractivity contribution is 6.34. The molecular formula is C23H24ClF6N5O2. The van der Waals surface area contributed by atoms with Crippen molar-refractivity contribution in [3.05, 3.63) is 75.7 Å². The molecule has 1 heterocycles. The molecule has 14 heteroatoms. The maximum absolute atomic E-state index is 13.3. The number of hydrazine groups is 1. The molecule has 0 aromatic heterocycles. The lowest BCUT2D eigenvalue weighted by atomic mass is 10.0. The number of nitrogens with zero attached hydrogens (tertiary/aromatic N) is 3. The molecule has 37 heavy (non-hydrogen) atoms. The standard InChI is InChI=1S/C23H24ClF6N5O2/c1-33(18-5-3-2-4-17(18)24)21(36)19(31)20(34-6-8-37-9-7-34)35(32)13-14-10-15(22(25,26)27)12-16(11-14)23(28,29)30/h2-5,10-12H,6-9,13,31-32H2,1H3/b20-19-. The van der Waals surface area contributed by atoms with E-state index in [9.17, 15) is 31.1 Å². The van der Waals surface area contributed by atoms with Gasteiger partial charge in [-0.25, -0.2) is 5.84 Å². The summed E-state index contributed by atoms with van der Waals surface area (Å²) in [6.07, 6.45) is -10.0. The van der Waals surface area contributed by atoms with Crippen molar-refractivity contribution in [3.63, 3.8) is 0 Å². The largest absolute Gasteiger partial charge is 0.416 e. The zero-order chi connectivity index (χ0) is 27.5. The number of hydrogen-bond acceptors (Lipinski definition) is 6. The van der Waals surface area contributed by atoms with Crippen LogP contribution < -0.4 is 16.5 Å². The number of nitrogens with two attached hydrogens (primary N) is 2. The smallest absolute Gasteiger partial charge is 0.391 e. The first-order chi connectivity index (χ1) is 17.2. The number of halogens is 7. The lowest BCUT2D eigenvalue weighted by molar-refractivity contribution is -0.143. The highest BCUT2D eigenvalue weighted by Gasteiger charge is 2.37. The van der Waals surface area contributed by atoms with Gasteiger partial charge in [0.05, 0.1) is 41.6 Å². The summed E-state index contributed by atoms with van der Waals surface area (Å²) in [5.74, 6) is 5.36. The third kappa shape index (κ3) is 6.79. The van der Waals surface area contributed by atoms with Crippen LogP contribution >= 0.6 is 11.6 Å². The topological polar surface area (TPSA) is 88.1 Å². The molecule has 2 aromatic rings. The predicted octanol–water partition coefficient (Wildman–Crippen LogP) is 4.18. The van der Waals surface area contributed by atoms with E-state index in [1.807, 2.05) is 0 Å². The van der Waals surface area contributed by atoms with Gasteiger partial charge in [-0.1, -0.05) is 23.7 Å². The SMILES string of the molecule is CN(C(=O)/C(N)=C(/N(N)Cc1cc(C(F)(F)F)cc(C(F)(F)F)c1)N1CCOCC1)c1ccccc1Cl. The van der Waals surface area contributed by atoms with Crippen molar-refractivity contribution in [1.82, 2.24) is 9.91 Å². The molecule has 0 spiro atoms. The Bertz CT molecular complexity index is 1130. The van der Waals surface area contributed by atoms with E-state index in [1.54, 1.807) is 29.2 Å². The van der Waals surface area contributed by atoms with Gasteiger partial charge >= 0.3 is 12.4 Å². The van der Waals surface area contributed by atoms with Crippen LogP contribution in [0.3, 0.4) is 0 Å². The van der Waals surface area contributed by atoms with Crippen LogP contribution in [0.2, 0.25) is 5.02 Å². The summed E-state index contributed by atoms with van der Waals surface area (Å²) in [5.41, 5.74) is 2.82. The number of para-hydroxylation sites is 1. The van der Waals surface area contributed by atoms with Crippen molar-refractivity contribution < 1.29 is 35.9 Å². The van der Waals surface area contributed by atoms with E-state index >= 15 is 0 Å². The van der Waals surface area contributed by atoms with Crippen LogP contribution in [0.1, 0.15) is 16.7 Å². The van der Waals surface area contributed by atoms with Gasteiger partial charge in [-0.05, 0) is 35.9 Å². The number of likely N-dealkylation sites (N-methyl/N-ethyl adjacent to an activating group) is 1. The molecular weight excluding hydrogens is 528 g/mol. The number of carbonyl (C=O) groups is 1. The minimum atomic E-state index is -5.02.